The second-order valence-corrected chi connectivity index (χ2v) is 3.52. The highest BCUT2D eigenvalue weighted by Crippen LogP contribution is 2.03. The molecule has 0 spiro atoms. The minimum absolute atomic E-state index is 0.0907. The summed E-state index contributed by atoms with van der Waals surface area (Å²) in [6, 6.07) is 0. The van der Waals surface area contributed by atoms with E-state index in [1.807, 2.05) is 0 Å². The number of esters is 1. The Kier molecular flexibility index (Phi) is 6.82. The lowest BCUT2D eigenvalue weighted by Crippen LogP contribution is -2.15. The quantitative estimate of drug-likeness (QED) is 0.375. The van der Waals surface area contributed by atoms with Gasteiger partial charge in [-0.1, -0.05) is 6.92 Å². The molecule has 1 N–H and O–H groups in total. The van der Waals surface area contributed by atoms with Crippen LogP contribution in [0.25, 0.3) is 0 Å². The van der Waals surface area contributed by atoms with Gasteiger partial charge in [-0.2, -0.15) is 0 Å². The summed E-state index contributed by atoms with van der Waals surface area (Å²) in [5.74, 6) is -1.81. The van der Waals surface area contributed by atoms with Gasteiger partial charge in [-0.3, -0.25) is 19.7 Å². The van der Waals surface area contributed by atoms with Gasteiger partial charge in [0.2, 0.25) is 6.54 Å². The fraction of sp³-hybridized carbons (Fsp3) is 0.778. The largest absolute Gasteiger partial charge is 0.481 e. The average Bonchev–Trinajstić information content (AvgIpc) is 2.13. The number of nitro groups is 1. The summed E-state index contributed by atoms with van der Waals surface area (Å²) in [6.45, 7) is 1.62. The van der Waals surface area contributed by atoms with E-state index in [2.05, 4.69) is 0 Å². The summed E-state index contributed by atoms with van der Waals surface area (Å²) < 4.78 is 4.72. The SMILES string of the molecule is CC(CCOC(=O)CCC(=O)O)C[N+](=O)[O-]. The molecule has 0 bridgehead atoms. The van der Waals surface area contributed by atoms with Crippen LogP contribution in [-0.4, -0.2) is 35.1 Å². The summed E-state index contributed by atoms with van der Waals surface area (Å²) in [5, 5.41) is 18.4. The summed E-state index contributed by atoms with van der Waals surface area (Å²) >= 11 is 0. The maximum atomic E-state index is 10.9. The zero-order valence-electron chi connectivity index (χ0n) is 9.05. The van der Waals surface area contributed by atoms with Gasteiger partial charge in [-0.15, -0.1) is 0 Å². The first-order valence-electron chi connectivity index (χ1n) is 4.91. The Balaban J connectivity index is 3.53. The first-order valence-corrected chi connectivity index (χ1v) is 4.91. The summed E-state index contributed by atoms with van der Waals surface area (Å²) in [6.07, 6.45) is -0.0258. The van der Waals surface area contributed by atoms with E-state index < -0.39 is 16.9 Å². The number of carbonyl (C=O) groups excluding carboxylic acids is 1. The fourth-order valence-corrected chi connectivity index (χ4v) is 1.00. The molecule has 0 heterocycles. The number of rotatable bonds is 8. The molecule has 0 rings (SSSR count). The molecule has 0 amide bonds. The van der Waals surface area contributed by atoms with Gasteiger partial charge in [-0.05, 0) is 6.42 Å². The Morgan fingerprint density at radius 1 is 1.44 bits per heavy atom. The topological polar surface area (TPSA) is 107 Å². The van der Waals surface area contributed by atoms with E-state index in [0.717, 1.165) is 0 Å². The first kappa shape index (κ1) is 14.3. The van der Waals surface area contributed by atoms with Crippen molar-refractivity contribution in [3.05, 3.63) is 10.1 Å². The molecule has 0 radical (unpaired) electrons. The molecule has 0 aliphatic carbocycles. The lowest BCUT2D eigenvalue weighted by atomic mass is 10.1. The highest BCUT2D eigenvalue weighted by molar-refractivity contribution is 5.76. The molecule has 0 saturated carbocycles. The standard InChI is InChI=1S/C9H15NO6/c1-7(6-10(14)15)4-5-16-9(13)3-2-8(11)12/h7H,2-6H2,1H3,(H,11,12). The van der Waals surface area contributed by atoms with E-state index in [-0.39, 0.29) is 31.9 Å². The van der Waals surface area contributed by atoms with E-state index in [9.17, 15) is 19.7 Å². The van der Waals surface area contributed by atoms with Gasteiger partial charge >= 0.3 is 11.9 Å². The molecule has 0 aromatic rings. The number of hydrogen-bond acceptors (Lipinski definition) is 5. The maximum Gasteiger partial charge on any atom is 0.306 e. The zero-order chi connectivity index (χ0) is 12.6. The van der Waals surface area contributed by atoms with Crippen LogP contribution in [0.15, 0.2) is 0 Å². The minimum Gasteiger partial charge on any atom is -0.481 e. The molecule has 0 aromatic heterocycles. The normalized spacial score (nSPS) is 11.8. The molecule has 1 atom stereocenters. The van der Waals surface area contributed by atoms with Crippen molar-refractivity contribution in [2.75, 3.05) is 13.2 Å². The maximum absolute atomic E-state index is 10.9. The lowest BCUT2D eigenvalue weighted by Gasteiger charge is -2.07. The minimum atomic E-state index is -1.06. The van der Waals surface area contributed by atoms with E-state index >= 15 is 0 Å². The average molecular weight is 233 g/mol. The van der Waals surface area contributed by atoms with Gasteiger partial charge in [0.05, 0.1) is 19.4 Å². The van der Waals surface area contributed by atoms with Crippen LogP contribution >= 0.6 is 0 Å². The third kappa shape index (κ3) is 8.92. The van der Waals surface area contributed by atoms with E-state index in [4.69, 9.17) is 9.84 Å². The predicted octanol–water partition coefficient (Wildman–Crippen LogP) is 0.697. The summed E-state index contributed by atoms with van der Waals surface area (Å²) in [5.41, 5.74) is 0. The molecular weight excluding hydrogens is 218 g/mol. The fourth-order valence-electron chi connectivity index (χ4n) is 1.00. The smallest absolute Gasteiger partial charge is 0.306 e. The van der Waals surface area contributed by atoms with E-state index in [1.165, 1.54) is 0 Å². The molecule has 0 saturated heterocycles. The van der Waals surface area contributed by atoms with Crippen molar-refractivity contribution in [1.29, 1.82) is 0 Å². The number of nitrogens with zero attached hydrogens (tertiary/aromatic N) is 1. The van der Waals surface area contributed by atoms with Gasteiger partial charge in [0.15, 0.2) is 0 Å². The molecule has 0 aromatic carbocycles. The number of carbonyl (C=O) groups is 2. The van der Waals surface area contributed by atoms with E-state index in [0.29, 0.717) is 6.42 Å². The zero-order valence-corrected chi connectivity index (χ0v) is 9.05. The number of hydrogen-bond donors (Lipinski definition) is 1. The van der Waals surface area contributed by atoms with Crippen LogP contribution in [0.1, 0.15) is 26.2 Å². The Labute approximate surface area is 92.5 Å². The van der Waals surface area contributed by atoms with Crippen molar-refractivity contribution in [1.82, 2.24) is 0 Å². The Hall–Kier alpha value is -1.66. The van der Waals surface area contributed by atoms with Crippen molar-refractivity contribution < 1.29 is 24.4 Å². The number of ether oxygens (including phenoxy) is 1. The van der Waals surface area contributed by atoms with Crippen LogP contribution in [0, 0.1) is 16.0 Å². The summed E-state index contributed by atoms with van der Waals surface area (Å²) in [4.78, 5) is 30.8. The van der Waals surface area contributed by atoms with Crippen molar-refractivity contribution in [2.45, 2.75) is 26.2 Å². The van der Waals surface area contributed by atoms with Gasteiger partial charge in [-0.25, -0.2) is 0 Å². The third-order valence-corrected chi connectivity index (χ3v) is 1.88. The van der Waals surface area contributed by atoms with Gasteiger partial charge in [0.25, 0.3) is 0 Å². The van der Waals surface area contributed by atoms with Crippen molar-refractivity contribution in [3.63, 3.8) is 0 Å². The Morgan fingerprint density at radius 2 is 2.06 bits per heavy atom. The molecule has 1 unspecified atom stereocenters. The summed E-state index contributed by atoms with van der Waals surface area (Å²) in [7, 11) is 0. The van der Waals surface area contributed by atoms with Crippen molar-refractivity contribution in [3.8, 4) is 0 Å². The Bertz CT molecular complexity index is 265. The highest BCUT2D eigenvalue weighted by atomic mass is 16.6. The Morgan fingerprint density at radius 3 is 2.56 bits per heavy atom. The van der Waals surface area contributed by atoms with Crippen molar-refractivity contribution in [2.24, 2.45) is 5.92 Å². The molecule has 0 aliphatic rings. The number of aliphatic carboxylic acids is 1. The monoisotopic (exact) mass is 233 g/mol. The molecule has 7 heteroatoms. The van der Waals surface area contributed by atoms with Gasteiger partial charge < -0.3 is 9.84 Å². The lowest BCUT2D eigenvalue weighted by molar-refractivity contribution is -0.487. The molecular formula is C9H15NO6. The molecule has 92 valence electrons. The molecule has 0 fully saturated rings. The second-order valence-electron chi connectivity index (χ2n) is 3.52. The van der Waals surface area contributed by atoms with Crippen molar-refractivity contribution >= 4 is 11.9 Å². The second kappa shape index (κ2) is 7.61. The number of carboxylic acids is 1. The van der Waals surface area contributed by atoms with E-state index in [1.54, 1.807) is 6.92 Å². The van der Waals surface area contributed by atoms with Crippen LogP contribution in [0.4, 0.5) is 0 Å². The van der Waals surface area contributed by atoms with Crippen LogP contribution in [0.3, 0.4) is 0 Å². The van der Waals surface area contributed by atoms with Crippen LogP contribution in [0.2, 0.25) is 0 Å². The predicted molar refractivity (Wildman–Crippen MR) is 53.5 cm³/mol. The highest BCUT2D eigenvalue weighted by Gasteiger charge is 2.11. The number of carboxylic acid groups (broad SMARTS) is 1. The molecule has 7 nitrogen and oxygen atoms in total. The molecule has 16 heavy (non-hydrogen) atoms. The third-order valence-electron chi connectivity index (χ3n) is 1.88. The first-order chi connectivity index (χ1) is 7.41. The van der Waals surface area contributed by atoms with Gasteiger partial charge in [0, 0.05) is 10.8 Å². The van der Waals surface area contributed by atoms with Crippen LogP contribution in [-0.2, 0) is 14.3 Å². The van der Waals surface area contributed by atoms with Gasteiger partial charge in [0.1, 0.15) is 0 Å². The van der Waals surface area contributed by atoms with Crippen LogP contribution < -0.4 is 0 Å². The molecule has 0 aliphatic heterocycles. The van der Waals surface area contributed by atoms with Crippen LogP contribution in [0.5, 0.6) is 0 Å².